The van der Waals surface area contributed by atoms with Crippen molar-refractivity contribution in [3.8, 4) is 5.75 Å². The number of nitrogens with one attached hydrogen (secondary N) is 1. The minimum Gasteiger partial charge on any atom is -0.492 e. The lowest BCUT2D eigenvalue weighted by Gasteiger charge is -2.21. The Morgan fingerprint density at radius 2 is 1.95 bits per heavy atom. The third-order valence-electron chi connectivity index (χ3n) is 3.44. The van der Waals surface area contributed by atoms with Crippen molar-refractivity contribution in [2.45, 2.75) is 46.5 Å². The van der Waals surface area contributed by atoms with E-state index in [0.717, 1.165) is 41.0 Å². The van der Waals surface area contributed by atoms with E-state index in [4.69, 9.17) is 9.72 Å². The van der Waals surface area contributed by atoms with Crippen LogP contribution in [0.15, 0.2) is 24.3 Å². The molecule has 1 aromatic heterocycles. The number of ether oxygens (including phenoxy) is 1. The first-order valence-electron chi connectivity index (χ1n) is 7.78. The molecule has 0 saturated carbocycles. The van der Waals surface area contributed by atoms with Crippen LogP contribution in [0.3, 0.4) is 0 Å². The van der Waals surface area contributed by atoms with Crippen molar-refractivity contribution in [3.05, 3.63) is 30.0 Å². The van der Waals surface area contributed by atoms with Crippen LogP contribution in [0.4, 0.5) is 5.69 Å². The molecule has 21 heavy (non-hydrogen) atoms. The summed E-state index contributed by atoms with van der Waals surface area (Å²) >= 11 is 0. The van der Waals surface area contributed by atoms with Crippen molar-refractivity contribution in [1.82, 2.24) is 4.98 Å². The lowest BCUT2D eigenvalue weighted by molar-refractivity contribution is 0.343. The third-order valence-corrected chi connectivity index (χ3v) is 3.44. The van der Waals surface area contributed by atoms with Gasteiger partial charge in [0.15, 0.2) is 0 Å². The summed E-state index contributed by atoms with van der Waals surface area (Å²) in [5.74, 6) is 0.862. The molecule has 1 aromatic carbocycles. The molecule has 0 unspecified atom stereocenters. The minimum absolute atomic E-state index is 0.0101. The van der Waals surface area contributed by atoms with Crippen LogP contribution < -0.4 is 10.1 Å². The average Bonchev–Trinajstić information content (AvgIpc) is 2.44. The van der Waals surface area contributed by atoms with Crippen molar-refractivity contribution in [3.63, 3.8) is 0 Å². The summed E-state index contributed by atoms with van der Waals surface area (Å²) in [5.41, 5.74) is 3.19. The molecular formula is C18H26N2O. The maximum Gasteiger partial charge on any atom is 0.145 e. The molecule has 1 N–H and O–H groups in total. The van der Waals surface area contributed by atoms with E-state index < -0.39 is 0 Å². The molecule has 2 aromatic rings. The number of aromatic nitrogens is 1. The molecule has 1 heterocycles. The van der Waals surface area contributed by atoms with E-state index in [9.17, 15) is 0 Å². The number of benzene rings is 1. The summed E-state index contributed by atoms with van der Waals surface area (Å²) in [4.78, 5) is 4.87. The highest BCUT2D eigenvalue weighted by atomic mass is 16.5. The van der Waals surface area contributed by atoms with Gasteiger partial charge in [0.2, 0.25) is 0 Å². The first-order chi connectivity index (χ1) is 9.97. The maximum atomic E-state index is 5.76. The molecule has 3 nitrogen and oxygen atoms in total. The Hall–Kier alpha value is -1.77. The number of hydrogen-bond acceptors (Lipinski definition) is 3. The number of fused-ring (bicyclic) bond motifs is 1. The van der Waals surface area contributed by atoms with E-state index in [2.05, 4.69) is 45.1 Å². The van der Waals surface area contributed by atoms with Crippen molar-refractivity contribution < 1.29 is 4.74 Å². The summed E-state index contributed by atoms with van der Waals surface area (Å²) in [7, 11) is 0. The molecule has 3 heteroatoms. The van der Waals surface area contributed by atoms with Gasteiger partial charge in [0.25, 0.3) is 0 Å². The van der Waals surface area contributed by atoms with E-state index >= 15 is 0 Å². The molecule has 2 rings (SSSR count). The first kappa shape index (κ1) is 15.6. The Bertz CT molecular complexity index is 614. The van der Waals surface area contributed by atoms with Gasteiger partial charge in [0, 0.05) is 28.7 Å². The fraction of sp³-hybridized carbons (Fsp3) is 0.500. The predicted molar refractivity (Wildman–Crippen MR) is 90.4 cm³/mol. The number of hydrogen-bond donors (Lipinski definition) is 1. The molecule has 0 spiro atoms. The number of para-hydroxylation sites is 1. The smallest absolute Gasteiger partial charge is 0.145 e. The van der Waals surface area contributed by atoms with Gasteiger partial charge in [-0.25, -0.2) is 4.98 Å². The molecule has 0 fully saturated rings. The normalized spacial score (nSPS) is 11.7. The fourth-order valence-corrected chi connectivity index (χ4v) is 2.28. The average molecular weight is 286 g/mol. The standard InChI is InChI=1S/C18H26N2O/c1-6-11-19-14-12-16(18(3,4)5)20-17-13(14)9-8-10-15(17)21-7-2/h8-10,12H,6-7,11H2,1-5H3,(H,19,20). The van der Waals surface area contributed by atoms with Gasteiger partial charge in [-0.05, 0) is 25.5 Å². The zero-order valence-corrected chi connectivity index (χ0v) is 13.8. The lowest BCUT2D eigenvalue weighted by Crippen LogP contribution is -2.15. The molecule has 0 atom stereocenters. The van der Waals surface area contributed by atoms with Gasteiger partial charge in [-0.3, -0.25) is 0 Å². The SMILES string of the molecule is CCCNc1cc(C(C)(C)C)nc2c(OCC)cccc12. The van der Waals surface area contributed by atoms with E-state index in [0.29, 0.717) is 6.61 Å². The summed E-state index contributed by atoms with van der Waals surface area (Å²) in [6.07, 6.45) is 1.10. The fourth-order valence-electron chi connectivity index (χ4n) is 2.28. The Labute approximate surface area is 127 Å². The van der Waals surface area contributed by atoms with E-state index in [1.54, 1.807) is 0 Å². The summed E-state index contributed by atoms with van der Waals surface area (Å²) in [6.45, 7) is 12.4. The zero-order valence-electron chi connectivity index (χ0n) is 13.8. The van der Waals surface area contributed by atoms with Gasteiger partial charge in [0.1, 0.15) is 11.3 Å². The van der Waals surface area contributed by atoms with E-state index in [1.165, 1.54) is 0 Å². The molecule has 0 saturated heterocycles. The van der Waals surface area contributed by atoms with Crippen molar-refractivity contribution in [2.24, 2.45) is 0 Å². The number of rotatable bonds is 5. The Balaban J connectivity index is 2.65. The Morgan fingerprint density at radius 3 is 2.57 bits per heavy atom. The van der Waals surface area contributed by atoms with Gasteiger partial charge >= 0.3 is 0 Å². The second-order valence-electron chi connectivity index (χ2n) is 6.32. The highest BCUT2D eigenvalue weighted by molar-refractivity contribution is 5.95. The van der Waals surface area contributed by atoms with Crippen molar-refractivity contribution >= 4 is 16.6 Å². The van der Waals surface area contributed by atoms with Crippen molar-refractivity contribution in [2.75, 3.05) is 18.5 Å². The van der Waals surface area contributed by atoms with Crippen LogP contribution >= 0.6 is 0 Å². The molecular weight excluding hydrogens is 260 g/mol. The quantitative estimate of drug-likeness (QED) is 0.861. The molecule has 0 amide bonds. The lowest BCUT2D eigenvalue weighted by atomic mass is 9.90. The van der Waals surface area contributed by atoms with Gasteiger partial charge in [-0.1, -0.05) is 39.8 Å². The molecule has 0 aliphatic heterocycles. The van der Waals surface area contributed by atoms with Crippen LogP contribution in [0.2, 0.25) is 0 Å². The highest BCUT2D eigenvalue weighted by Gasteiger charge is 2.19. The van der Waals surface area contributed by atoms with Crippen molar-refractivity contribution in [1.29, 1.82) is 0 Å². The molecule has 0 aliphatic carbocycles. The van der Waals surface area contributed by atoms with Gasteiger partial charge in [-0.2, -0.15) is 0 Å². The largest absolute Gasteiger partial charge is 0.492 e. The van der Waals surface area contributed by atoms with Gasteiger partial charge in [0.05, 0.1) is 6.61 Å². The van der Waals surface area contributed by atoms with Crippen LogP contribution in [0.5, 0.6) is 5.75 Å². The summed E-state index contributed by atoms with van der Waals surface area (Å²) < 4.78 is 5.76. The minimum atomic E-state index is 0.0101. The Morgan fingerprint density at radius 1 is 1.19 bits per heavy atom. The van der Waals surface area contributed by atoms with Gasteiger partial charge in [-0.15, -0.1) is 0 Å². The monoisotopic (exact) mass is 286 g/mol. The predicted octanol–water partition coefficient (Wildman–Crippen LogP) is 4.75. The maximum absolute atomic E-state index is 5.76. The third kappa shape index (κ3) is 3.46. The highest BCUT2D eigenvalue weighted by Crippen LogP contribution is 2.33. The first-order valence-corrected chi connectivity index (χ1v) is 7.78. The second-order valence-corrected chi connectivity index (χ2v) is 6.32. The molecule has 0 radical (unpaired) electrons. The summed E-state index contributed by atoms with van der Waals surface area (Å²) in [5, 5.41) is 4.65. The van der Waals surface area contributed by atoms with Crippen LogP contribution in [0.1, 0.15) is 46.7 Å². The van der Waals surface area contributed by atoms with Crippen LogP contribution in [-0.2, 0) is 5.41 Å². The molecule has 0 bridgehead atoms. The number of pyridine rings is 1. The van der Waals surface area contributed by atoms with Crippen LogP contribution in [0, 0.1) is 0 Å². The topological polar surface area (TPSA) is 34.2 Å². The molecule has 114 valence electrons. The number of nitrogens with zero attached hydrogens (tertiary/aromatic N) is 1. The second kappa shape index (κ2) is 6.33. The number of anilines is 1. The summed E-state index contributed by atoms with van der Waals surface area (Å²) in [6, 6.07) is 8.31. The van der Waals surface area contributed by atoms with E-state index in [-0.39, 0.29) is 5.41 Å². The van der Waals surface area contributed by atoms with Gasteiger partial charge < -0.3 is 10.1 Å². The molecule has 0 aliphatic rings. The van der Waals surface area contributed by atoms with Crippen LogP contribution in [0.25, 0.3) is 10.9 Å². The zero-order chi connectivity index (χ0) is 15.5. The van der Waals surface area contributed by atoms with Crippen LogP contribution in [-0.4, -0.2) is 18.1 Å². The van der Waals surface area contributed by atoms with E-state index in [1.807, 2.05) is 19.1 Å². The Kier molecular flexibility index (Phi) is 4.71.